The lowest BCUT2D eigenvalue weighted by molar-refractivity contribution is 0.481. The summed E-state index contributed by atoms with van der Waals surface area (Å²) in [6, 6.07) is 0. The van der Waals surface area contributed by atoms with Crippen molar-refractivity contribution in [1.82, 2.24) is 0 Å². The highest BCUT2D eigenvalue weighted by Crippen LogP contribution is 2.26. The molecule has 0 aliphatic heterocycles. The van der Waals surface area contributed by atoms with Crippen molar-refractivity contribution in [2.75, 3.05) is 17.3 Å². The maximum atomic E-state index is 2.30. The van der Waals surface area contributed by atoms with Crippen LogP contribution in [-0.2, 0) is 0 Å². The average molecular weight is 220 g/mol. The minimum atomic E-state index is 0.433. The van der Waals surface area contributed by atoms with Crippen molar-refractivity contribution in [2.45, 2.75) is 46.3 Å². The molecule has 0 saturated carbocycles. The third-order valence-corrected chi connectivity index (χ3v) is 4.39. The van der Waals surface area contributed by atoms with Gasteiger partial charge in [-0.3, -0.25) is 0 Å². The van der Waals surface area contributed by atoms with E-state index in [1.54, 1.807) is 0 Å². The van der Waals surface area contributed by atoms with Crippen LogP contribution in [0.25, 0.3) is 0 Å². The molecule has 0 nitrogen and oxygen atoms in total. The van der Waals surface area contributed by atoms with Crippen molar-refractivity contribution in [1.29, 1.82) is 0 Å². The van der Waals surface area contributed by atoms with Gasteiger partial charge < -0.3 is 0 Å². The van der Waals surface area contributed by atoms with Crippen molar-refractivity contribution in [3.63, 3.8) is 0 Å². The molecule has 0 atom stereocenters. The van der Waals surface area contributed by atoms with Crippen LogP contribution >= 0.6 is 23.5 Å². The molecule has 0 radical (unpaired) electrons. The standard InChI is InChI=1S/C11H24S2/c1-10(2,3)9-12-7-8-13-11(4,5)6/h7-9H2,1-6H3. The van der Waals surface area contributed by atoms with Crippen molar-refractivity contribution >= 4 is 23.5 Å². The van der Waals surface area contributed by atoms with Crippen molar-refractivity contribution < 1.29 is 0 Å². The second-order valence-corrected chi connectivity index (χ2v) is 8.60. The van der Waals surface area contributed by atoms with Gasteiger partial charge in [-0.2, -0.15) is 23.5 Å². The van der Waals surface area contributed by atoms with Crippen molar-refractivity contribution in [3.05, 3.63) is 0 Å². The Morgan fingerprint density at radius 1 is 0.846 bits per heavy atom. The van der Waals surface area contributed by atoms with Gasteiger partial charge in [-0.1, -0.05) is 41.5 Å². The molecule has 0 bridgehead atoms. The highest BCUT2D eigenvalue weighted by atomic mass is 32.2. The first-order chi connectivity index (χ1) is 5.71. The molecular formula is C11H24S2. The molecule has 80 valence electrons. The van der Waals surface area contributed by atoms with Gasteiger partial charge in [0.25, 0.3) is 0 Å². The highest BCUT2D eigenvalue weighted by Gasteiger charge is 2.12. The first-order valence-electron chi connectivity index (χ1n) is 4.92. The molecule has 0 spiro atoms. The van der Waals surface area contributed by atoms with Crippen LogP contribution in [0, 0.1) is 5.41 Å². The van der Waals surface area contributed by atoms with E-state index < -0.39 is 0 Å². The summed E-state index contributed by atoms with van der Waals surface area (Å²) < 4.78 is 0.433. The van der Waals surface area contributed by atoms with Crippen LogP contribution in [0.2, 0.25) is 0 Å². The minimum Gasteiger partial charge on any atom is -0.161 e. The minimum absolute atomic E-state index is 0.433. The Bertz CT molecular complexity index is 112. The molecule has 0 aromatic rings. The van der Waals surface area contributed by atoms with Crippen molar-refractivity contribution in [3.8, 4) is 0 Å². The summed E-state index contributed by atoms with van der Waals surface area (Å²) in [5.41, 5.74) is 0.483. The Labute approximate surface area is 92.6 Å². The van der Waals surface area contributed by atoms with Gasteiger partial charge in [-0.25, -0.2) is 0 Å². The third-order valence-electron chi connectivity index (χ3n) is 1.30. The Balaban J connectivity index is 3.28. The summed E-state index contributed by atoms with van der Waals surface area (Å²) in [6.07, 6.45) is 0. The molecule has 0 amide bonds. The normalized spacial score (nSPS) is 13.4. The predicted molar refractivity (Wildman–Crippen MR) is 69.0 cm³/mol. The van der Waals surface area contributed by atoms with Crippen LogP contribution in [0.15, 0.2) is 0 Å². The first kappa shape index (κ1) is 13.7. The largest absolute Gasteiger partial charge is 0.161 e. The molecule has 0 N–H and O–H groups in total. The fourth-order valence-electron chi connectivity index (χ4n) is 0.785. The monoisotopic (exact) mass is 220 g/mol. The molecule has 0 aromatic carbocycles. The Morgan fingerprint density at radius 2 is 1.38 bits per heavy atom. The summed E-state index contributed by atoms with van der Waals surface area (Å²) in [5.74, 6) is 3.85. The quantitative estimate of drug-likeness (QED) is 0.648. The molecule has 0 aromatic heterocycles. The van der Waals surface area contributed by atoms with Crippen LogP contribution in [0.3, 0.4) is 0 Å². The molecule has 0 fully saturated rings. The van der Waals surface area contributed by atoms with E-state index in [9.17, 15) is 0 Å². The summed E-state index contributed by atoms with van der Waals surface area (Å²) in [4.78, 5) is 0. The fourth-order valence-corrected chi connectivity index (χ4v) is 2.96. The van der Waals surface area contributed by atoms with Crippen LogP contribution in [-0.4, -0.2) is 22.0 Å². The van der Waals surface area contributed by atoms with E-state index in [1.807, 2.05) is 0 Å². The van der Waals surface area contributed by atoms with E-state index in [1.165, 1.54) is 17.3 Å². The second-order valence-electron chi connectivity index (χ2n) is 5.57. The lowest BCUT2D eigenvalue weighted by Gasteiger charge is -2.19. The van der Waals surface area contributed by atoms with Gasteiger partial charge in [0.1, 0.15) is 0 Å². The molecule has 0 unspecified atom stereocenters. The maximum Gasteiger partial charge on any atom is 0.00753 e. The van der Waals surface area contributed by atoms with Gasteiger partial charge in [0.2, 0.25) is 0 Å². The van der Waals surface area contributed by atoms with Crippen LogP contribution < -0.4 is 0 Å². The zero-order valence-corrected chi connectivity index (χ0v) is 11.6. The molecule has 0 aliphatic carbocycles. The summed E-state index contributed by atoms with van der Waals surface area (Å²) in [5, 5.41) is 0. The fraction of sp³-hybridized carbons (Fsp3) is 1.00. The van der Waals surface area contributed by atoms with E-state index in [0.717, 1.165) is 0 Å². The van der Waals surface area contributed by atoms with Gasteiger partial charge in [-0.15, -0.1) is 0 Å². The summed E-state index contributed by atoms with van der Waals surface area (Å²) in [6.45, 7) is 13.8. The lowest BCUT2D eigenvalue weighted by Crippen LogP contribution is -2.11. The van der Waals surface area contributed by atoms with E-state index in [0.29, 0.717) is 10.2 Å². The molecule has 13 heavy (non-hydrogen) atoms. The van der Waals surface area contributed by atoms with Gasteiger partial charge in [0.05, 0.1) is 0 Å². The van der Waals surface area contributed by atoms with Gasteiger partial charge in [0.15, 0.2) is 0 Å². The van der Waals surface area contributed by atoms with E-state index >= 15 is 0 Å². The smallest absolute Gasteiger partial charge is 0.00753 e. The SMILES string of the molecule is CC(C)(C)CSCCSC(C)(C)C. The highest BCUT2D eigenvalue weighted by molar-refractivity contribution is 8.03. The molecule has 2 heteroatoms. The lowest BCUT2D eigenvalue weighted by atomic mass is 10.0. The van der Waals surface area contributed by atoms with Gasteiger partial charge in [0, 0.05) is 16.3 Å². The van der Waals surface area contributed by atoms with Crippen LogP contribution in [0.5, 0.6) is 0 Å². The molecule has 0 aliphatic rings. The first-order valence-corrected chi connectivity index (χ1v) is 7.06. The van der Waals surface area contributed by atoms with E-state index in [2.05, 4.69) is 65.1 Å². The Kier molecular flexibility index (Phi) is 5.85. The van der Waals surface area contributed by atoms with E-state index in [4.69, 9.17) is 0 Å². The van der Waals surface area contributed by atoms with Gasteiger partial charge >= 0.3 is 0 Å². The Hall–Kier alpha value is 0.700. The predicted octanol–water partition coefficient (Wildman–Crippen LogP) is 4.30. The van der Waals surface area contributed by atoms with Crippen molar-refractivity contribution in [2.24, 2.45) is 5.41 Å². The molecule has 0 saturated heterocycles. The second kappa shape index (κ2) is 5.55. The van der Waals surface area contributed by atoms with Crippen LogP contribution in [0.4, 0.5) is 0 Å². The molecular weight excluding hydrogens is 196 g/mol. The maximum absolute atomic E-state index is 2.30. The number of rotatable bonds is 4. The molecule has 0 rings (SSSR count). The number of hydrogen-bond acceptors (Lipinski definition) is 2. The van der Waals surface area contributed by atoms with E-state index in [-0.39, 0.29) is 0 Å². The average Bonchev–Trinajstić information content (AvgIpc) is 1.81. The van der Waals surface area contributed by atoms with Gasteiger partial charge in [-0.05, 0) is 11.2 Å². The summed E-state index contributed by atoms with van der Waals surface area (Å²) in [7, 11) is 0. The zero-order valence-electron chi connectivity index (χ0n) is 9.94. The van der Waals surface area contributed by atoms with Crippen LogP contribution in [0.1, 0.15) is 41.5 Å². The Morgan fingerprint density at radius 3 is 1.77 bits per heavy atom. The number of hydrogen-bond donors (Lipinski definition) is 0. The molecule has 0 heterocycles. The third kappa shape index (κ3) is 12.7. The summed E-state index contributed by atoms with van der Waals surface area (Å²) >= 11 is 4.14. The zero-order chi connectivity index (χ0) is 10.5. The topological polar surface area (TPSA) is 0 Å². The number of thioether (sulfide) groups is 2.